The molecule has 0 radical (unpaired) electrons. The highest BCUT2D eigenvalue weighted by atomic mass is 79.9. The Morgan fingerprint density at radius 2 is 2.11 bits per heavy atom. The van der Waals surface area contributed by atoms with Gasteiger partial charge < -0.3 is 10.2 Å². The van der Waals surface area contributed by atoms with Gasteiger partial charge in [-0.25, -0.2) is 0 Å². The summed E-state index contributed by atoms with van der Waals surface area (Å²) in [6.07, 6.45) is 3.78. The summed E-state index contributed by atoms with van der Waals surface area (Å²) in [6.45, 7) is 3.94. The van der Waals surface area contributed by atoms with Crippen LogP contribution in [0.2, 0.25) is 0 Å². The number of hydrogen-bond donors (Lipinski definition) is 2. The van der Waals surface area contributed by atoms with Crippen LogP contribution in [0, 0.1) is 0 Å². The molecule has 2 atom stereocenters. The van der Waals surface area contributed by atoms with Crippen molar-refractivity contribution in [2.24, 2.45) is 0 Å². The standard InChI is InChI=1S/C14H19BrN2O/c1-11-4-2-3-9-17(11)10-14(18)16-13-7-5-12(15)6-8-13/h5-8,11H,2-4,9-10H2,1H3,(H,16,18)/p+1/t11-/m1/s1. The van der Waals surface area contributed by atoms with Crippen molar-refractivity contribution in [1.29, 1.82) is 0 Å². The summed E-state index contributed by atoms with van der Waals surface area (Å²) in [6, 6.07) is 8.31. The molecule has 1 aromatic rings. The molecule has 0 bridgehead atoms. The van der Waals surface area contributed by atoms with Gasteiger partial charge in [0.2, 0.25) is 0 Å². The van der Waals surface area contributed by atoms with Gasteiger partial charge in [-0.2, -0.15) is 0 Å². The molecule has 0 saturated carbocycles. The zero-order valence-electron chi connectivity index (χ0n) is 10.7. The van der Waals surface area contributed by atoms with E-state index < -0.39 is 0 Å². The minimum absolute atomic E-state index is 0.112. The van der Waals surface area contributed by atoms with Crippen LogP contribution in [0.4, 0.5) is 5.69 Å². The number of hydrogen-bond acceptors (Lipinski definition) is 1. The van der Waals surface area contributed by atoms with E-state index in [1.54, 1.807) is 0 Å². The van der Waals surface area contributed by atoms with E-state index in [4.69, 9.17) is 0 Å². The van der Waals surface area contributed by atoms with Crippen LogP contribution < -0.4 is 10.2 Å². The third kappa shape index (κ3) is 3.82. The first kappa shape index (κ1) is 13.6. The Morgan fingerprint density at radius 1 is 1.39 bits per heavy atom. The van der Waals surface area contributed by atoms with Crippen molar-refractivity contribution >= 4 is 27.5 Å². The SMILES string of the molecule is C[C@@H]1CCCC[NH+]1CC(=O)Nc1ccc(Br)cc1. The predicted molar refractivity (Wildman–Crippen MR) is 76.8 cm³/mol. The number of quaternary nitrogens is 1. The van der Waals surface area contributed by atoms with Gasteiger partial charge >= 0.3 is 0 Å². The van der Waals surface area contributed by atoms with Crippen molar-refractivity contribution in [3.05, 3.63) is 28.7 Å². The Hall–Kier alpha value is -0.870. The number of carbonyl (C=O) groups excluding carboxylic acids is 1. The topological polar surface area (TPSA) is 33.5 Å². The number of amides is 1. The van der Waals surface area contributed by atoms with Crippen LogP contribution in [-0.4, -0.2) is 25.0 Å². The van der Waals surface area contributed by atoms with Gasteiger partial charge in [0.15, 0.2) is 6.54 Å². The van der Waals surface area contributed by atoms with E-state index >= 15 is 0 Å². The molecule has 1 saturated heterocycles. The number of anilines is 1. The van der Waals surface area contributed by atoms with Gasteiger partial charge in [-0.05, 0) is 50.5 Å². The molecule has 98 valence electrons. The number of piperidine rings is 1. The van der Waals surface area contributed by atoms with E-state index in [-0.39, 0.29) is 5.91 Å². The normalized spacial score (nSPS) is 23.7. The number of rotatable bonds is 3. The van der Waals surface area contributed by atoms with Crippen molar-refractivity contribution in [3.63, 3.8) is 0 Å². The largest absolute Gasteiger partial charge is 0.325 e. The first-order valence-electron chi connectivity index (χ1n) is 6.55. The third-order valence-corrected chi connectivity index (χ3v) is 4.13. The quantitative estimate of drug-likeness (QED) is 0.877. The van der Waals surface area contributed by atoms with Crippen LogP contribution in [0.3, 0.4) is 0 Å². The molecule has 1 heterocycles. The first-order valence-corrected chi connectivity index (χ1v) is 7.34. The molecule has 1 aliphatic rings. The molecule has 4 heteroatoms. The smallest absolute Gasteiger partial charge is 0.279 e. The van der Waals surface area contributed by atoms with E-state index in [9.17, 15) is 4.79 Å². The molecule has 2 N–H and O–H groups in total. The summed E-state index contributed by atoms with van der Waals surface area (Å²) in [4.78, 5) is 13.4. The highest BCUT2D eigenvalue weighted by molar-refractivity contribution is 9.10. The summed E-state index contributed by atoms with van der Waals surface area (Å²) >= 11 is 3.38. The molecule has 1 unspecified atom stereocenters. The van der Waals surface area contributed by atoms with Gasteiger partial charge in [0.25, 0.3) is 5.91 Å². The summed E-state index contributed by atoms with van der Waals surface area (Å²) in [7, 11) is 0. The minimum Gasteiger partial charge on any atom is -0.325 e. The summed E-state index contributed by atoms with van der Waals surface area (Å²) in [5.41, 5.74) is 0.868. The number of likely N-dealkylation sites (tertiary alicyclic amines) is 1. The fourth-order valence-corrected chi connectivity index (χ4v) is 2.72. The molecule has 1 fully saturated rings. The second-order valence-electron chi connectivity index (χ2n) is 5.04. The number of benzene rings is 1. The van der Waals surface area contributed by atoms with Gasteiger partial charge in [0.05, 0.1) is 12.6 Å². The van der Waals surface area contributed by atoms with Crippen LogP contribution in [0.25, 0.3) is 0 Å². The molecule has 0 aromatic heterocycles. The van der Waals surface area contributed by atoms with Crippen LogP contribution in [0.15, 0.2) is 28.7 Å². The lowest BCUT2D eigenvalue weighted by Crippen LogP contribution is -3.17. The monoisotopic (exact) mass is 311 g/mol. The average Bonchev–Trinajstić information content (AvgIpc) is 2.35. The number of nitrogens with one attached hydrogen (secondary N) is 2. The maximum absolute atomic E-state index is 12.0. The molecule has 1 amide bonds. The van der Waals surface area contributed by atoms with Gasteiger partial charge in [-0.15, -0.1) is 0 Å². The van der Waals surface area contributed by atoms with Crippen LogP contribution >= 0.6 is 15.9 Å². The Kier molecular flexibility index (Phi) is 4.78. The fourth-order valence-electron chi connectivity index (χ4n) is 2.46. The zero-order chi connectivity index (χ0) is 13.0. The van der Waals surface area contributed by atoms with E-state index in [0.717, 1.165) is 16.7 Å². The molecule has 18 heavy (non-hydrogen) atoms. The highest BCUT2D eigenvalue weighted by Crippen LogP contribution is 2.13. The second kappa shape index (κ2) is 6.34. The molecule has 3 nitrogen and oxygen atoms in total. The first-order chi connectivity index (χ1) is 8.65. The van der Waals surface area contributed by atoms with Crippen LogP contribution in [0.5, 0.6) is 0 Å². The minimum atomic E-state index is 0.112. The molecule has 0 spiro atoms. The molecule has 2 rings (SSSR count). The molecular formula is C14H20BrN2O+. The summed E-state index contributed by atoms with van der Waals surface area (Å²) in [5.74, 6) is 0.112. The summed E-state index contributed by atoms with van der Waals surface area (Å²) < 4.78 is 1.02. The van der Waals surface area contributed by atoms with Crippen molar-refractivity contribution in [3.8, 4) is 0 Å². The molecule has 0 aliphatic carbocycles. The van der Waals surface area contributed by atoms with Crippen molar-refractivity contribution in [1.82, 2.24) is 0 Å². The average molecular weight is 312 g/mol. The lowest BCUT2D eigenvalue weighted by atomic mass is 10.0. The number of halogens is 1. The predicted octanol–water partition coefficient (Wildman–Crippen LogP) is 1.84. The summed E-state index contributed by atoms with van der Waals surface area (Å²) in [5, 5.41) is 2.96. The fraction of sp³-hybridized carbons (Fsp3) is 0.500. The van der Waals surface area contributed by atoms with Gasteiger partial charge in [0.1, 0.15) is 0 Å². The Labute approximate surface area is 117 Å². The Bertz CT molecular complexity index is 405. The van der Waals surface area contributed by atoms with E-state index in [1.807, 2.05) is 24.3 Å². The van der Waals surface area contributed by atoms with Gasteiger partial charge in [-0.3, -0.25) is 4.79 Å². The maximum Gasteiger partial charge on any atom is 0.279 e. The van der Waals surface area contributed by atoms with Crippen molar-refractivity contribution < 1.29 is 9.69 Å². The molecule has 1 aliphatic heterocycles. The van der Waals surface area contributed by atoms with E-state index in [2.05, 4.69) is 28.2 Å². The lowest BCUT2D eigenvalue weighted by molar-refractivity contribution is -0.920. The molecular weight excluding hydrogens is 292 g/mol. The highest BCUT2D eigenvalue weighted by Gasteiger charge is 2.23. The second-order valence-corrected chi connectivity index (χ2v) is 5.95. The van der Waals surface area contributed by atoms with Crippen LogP contribution in [0.1, 0.15) is 26.2 Å². The van der Waals surface area contributed by atoms with Crippen LogP contribution in [-0.2, 0) is 4.79 Å². The van der Waals surface area contributed by atoms with Crippen molar-refractivity contribution in [2.75, 3.05) is 18.4 Å². The van der Waals surface area contributed by atoms with Gasteiger partial charge in [-0.1, -0.05) is 15.9 Å². The van der Waals surface area contributed by atoms with Gasteiger partial charge in [0, 0.05) is 10.2 Å². The van der Waals surface area contributed by atoms with E-state index in [1.165, 1.54) is 24.2 Å². The zero-order valence-corrected chi connectivity index (χ0v) is 12.3. The maximum atomic E-state index is 12.0. The van der Waals surface area contributed by atoms with E-state index in [0.29, 0.717) is 12.6 Å². The third-order valence-electron chi connectivity index (χ3n) is 3.60. The Morgan fingerprint density at radius 3 is 2.78 bits per heavy atom. The molecule has 1 aromatic carbocycles. The lowest BCUT2D eigenvalue weighted by Gasteiger charge is -2.29. The Balaban J connectivity index is 1.86. The number of carbonyl (C=O) groups is 1. The van der Waals surface area contributed by atoms with Crippen molar-refractivity contribution in [2.45, 2.75) is 32.2 Å².